The van der Waals surface area contributed by atoms with Crippen LogP contribution in [0.2, 0.25) is 0 Å². The maximum atomic E-state index is 12.7. The van der Waals surface area contributed by atoms with E-state index >= 15 is 0 Å². The number of rotatable bonds is 10. The van der Waals surface area contributed by atoms with Gasteiger partial charge >= 0.3 is 124 Å². The Morgan fingerprint density at radius 1 is 0.516 bits per heavy atom. The van der Waals surface area contributed by atoms with Gasteiger partial charge in [-0.05, 0) is 72.8 Å². The summed E-state index contributed by atoms with van der Waals surface area (Å²) in [5.74, 6) is -2.27. The Labute approximate surface area is 451 Å². The number of amides is 2. The Morgan fingerprint density at radius 2 is 0.828 bits per heavy atom. The maximum absolute atomic E-state index is 12.7. The van der Waals surface area contributed by atoms with Crippen LogP contribution in [-0.4, -0.2) is 57.9 Å². The monoisotopic (exact) mass is 990 g/mol. The number of nitrogens with zero attached hydrogens (tertiary/aromatic N) is 4. The molecule has 0 atom stereocenters. The maximum Gasteiger partial charge on any atom is 1.00 e. The minimum absolute atomic E-state index is 0. The van der Waals surface area contributed by atoms with E-state index in [2.05, 4.69) is 31.1 Å². The number of carbonyl (C=O) groups is 1. The summed E-state index contributed by atoms with van der Waals surface area (Å²) in [7, 11) is -20.6. The zero-order chi connectivity index (χ0) is 44.1. The molecule has 31 heteroatoms. The molecule has 0 aromatic heterocycles. The fraction of sp³-hybridized carbons (Fsp3) is 0. The van der Waals surface area contributed by atoms with E-state index in [1.165, 1.54) is 48.5 Å². The molecule has 0 bridgehead atoms. The minimum Gasteiger partial charge on any atom is -0.872 e. The first-order valence-electron chi connectivity index (χ1n) is 15.9. The van der Waals surface area contributed by atoms with Crippen molar-refractivity contribution in [2.75, 3.05) is 22.1 Å². The molecule has 2 amide bonds. The molecule has 0 spiro atoms. The van der Waals surface area contributed by atoms with Gasteiger partial charge in [0.05, 0.1) is 32.5 Å². The molecule has 0 heterocycles. The average Bonchev–Trinajstić information content (AvgIpc) is 3.13. The largest absolute Gasteiger partial charge is 1.00 e. The summed E-state index contributed by atoms with van der Waals surface area (Å²) in [6, 6.07) is 13.9. The average molecular weight is 991 g/mol. The number of nitrogens with one attached hydrogen (secondary N) is 2. The predicted molar refractivity (Wildman–Crippen MR) is 205 cm³/mol. The number of azo groups is 2. The van der Waals surface area contributed by atoms with Crippen LogP contribution in [0.25, 0.3) is 21.5 Å². The molecule has 6 rings (SSSR count). The van der Waals surface area contributed by atoms with Crippen LogP contribution >= 0.6 is 0 Å². The van der Waals surface area contributed by atoms with Crippen molar-refractivity contribution in [2.24, 2.45) is 20.5 Å². The number of carbonyl (C=O) groups excluding carboxylic acids is 1. The summed E-state index contributed by atoms with van der Waals surface area (Å²) in [5, 5.41) is 43.7. The van der Waals surface area contributed by atoms with Gasteiger partial charge in [0.25, 0.3) is 20.2 Å². The summed E-state index contributed by atoms with van der Waals surface area (Å²) in [6.45, 7) is 0. The van der Waals surface area contributed by atoms with Crippen molar-refractivity contribution >= 4 is 114 Å². The normalized spacial score (nSPS) is 11.9. The second-order valence-electron chi connectivity index (χ2n) is 12.2. The minimum atomic E-state index is -5.19. The van der Waals surface area contributed by atoms with Gasteiger partial charge in [-0.15, -0.1) is 10.2 Å². The fourth-order valence-corrected chi connectivity index (χ4v) is 7.99. The molecule has 0 aliphatic heterocycles. The molecule has 0 unspecified atom stereocenters. The number of hydrogen-bond acceptors (Lipinski definition) is 19. The van der Waals surface area contributed by atoms with Gasteiger partial charge in [-0.3, -0.25) is 9.11 Å². The zero-order valence-corrected chi connectivity index (χ0v) is 44.6. The molecule has 0 aliphatic carbocycles. The molecule has 0 aliphatic rings. The van der Waals surface area contributed by atoms with Crippen LogP contribution in [0.1, 0.15) is 0 Å². The first kappa shape index (κ1) is 57.3. The van der Waals surface area contributed by atoms with Crippen molar-refractivity contribution in [1.29, 1.82) is 0 Å². The summed E-state index contributed by atoms with van der Waals surface area (Å²) in [4.78, 5) is 8.66. The Morgan fingerprint density at radius 3 is 1.11 bits per heavy atom. The van der Waals surface area contributed by atoms with Crippen LogP contribution < -0.4 is 151 Å². The van der Waals surface area contributed by atoms with Crippen molar-refractivity contribution in [2.45, 2.75) is 19.6 Å². The second-order valence-corrected chi connectivity index (χ2v) is 17.8. The predicted octanol–water partition coefficient (Wildman–Crippen LogP) is -7.90. The number of urea groups is 1. The third-order valence-electron chi connectivity index (χ3n) is 8.24. The van der Waals surface area contributed by atoms with Crippen LogP contribution in [-0.2, 0) is 40.5 Å². The molecular weight excluding hydrogens is 969 g/mol. The van der Waals surface area contributed by atoms with Crippen LogP contribution in [0.3, 0.4) is 0 Å². The van der Waals surface area contributed by atoms with Crippen molar-refractivity contribution in [3.05, 3.63) is 84.9 Å². The van der Waals surface area contributed by atoms with Crippen LogP contribution in [0.4, 0.5) is 50.3 Å². The first-order chi connectivity index (χ1) is 27.8. The molecule has 23 nitrogen and oxygen atoms in total. The van der Waals surface area contributed by atoms with E-state index in [0.29, 0.717) is 24.3 Å². The fourth-order valence-electron chi connectivity index (χ4n) is 5.56. The van der Waals surface area contributed by atoms with Gasteiger partial charge in [-0.25, -0.2) is 21.6 Å². The van der Waals surface area contributed by atoms with Crippen molar-refractivity contribution in [1.82, 2.24) is 0 Å². The van der Waals surface area contributed by atoms with E-state index in [0.717, 1.165) is 12.1 Å². The van der Waals surface area contributed by atoms with Gasteiger partial charge in [-0.2, -0.15) is 27.1 Å². The second kappa shape index (κ2) is 21.8. The van der Waals surface area contributed by atoms with Gasteiger partial charge in [0.2, 0.25) is 0 Å². The Bertz CT molecular complexity index is 3110. The van der Waals surface area contributed by atoms with Gasteiger partial charge in [0.15, 0.2) is 0 Å². The molecule has 6 aromatic carbocycles. The molecule has 0 saturated heterocycles. The van der Waals surface area contributed by atoms with Gasteiger partial charge < -0.3 is 41.4 Å². The van der Waals surface area contributed by atoms with E-state index in [-0.39, 0.29) is 141 Å². The Balaban J connectivity index is 0.00000352. The van der Waals surface area contributed by atoms with Crippen molar-refractivity contribution in [3.8, 4) is 11.5 Å². The first-order valence-corrected chi connectivity index (χ1v) is 21.6. The van der Waals surface area contributed by atoms with Gasteiger partial charge in [0, 0.05) is 32.9 Å². The molecule has 0 fully saturated rings. The van der Waals surface area contributed by atoms with Gasteiger partial charge in [-0.1, -0.05) is 23.6 Å². The van der Waals surface area contributed by atoms with E-state index < -0.39 is 122 Å². The quantitative estimate of drug-likeness (QED) is 0.0321. The van der Waals surface area contributed by atoms with Crippen molar-refractivity contribution in [3.63, 3.8) is 0 Å². The molecular formula is C33H22N8Na4O15S4. The molecule has 0 radical (unpaired) electrons. The Kier molecular flexibility index (Phi) is 19.6. The smallest absolute Gasteiger partial charge is 0.872 e. The van der Waals surface area contributed by atoms with E-state index in [9.17, 15) is 66.9 Å². The van der Waals surface area contributed by atoms with E-state index in [1.807, 2.05) is 0 Å². The zero-order valence-electron chi connectivity index (χ0n) is 33.4. The van der Waals surface area contributed by atoms with Crippen LogP contribution in [0.5, 0.6) is 11.5 Å². The topological polar surface area (TPSA) is 412 Å². The third-order valence-corrected chi connectivity index (χ3v) is 11.7. The van der Waals surface area contributed by atoms with E-state index in [4.69, 9.17) is 11.5 Å². The summed E-state index contributed by atoms with van der Waals surface area (Å²) in [6.07, 6.45) is 0. The number of anilines is 4. The number of nitrogen functional groups attached to an aromatic ring is 2. The number of benzene rings is 6. The standard InChI is InChI=1S/C33H26N8O15S4.4Na/c34-31-23(13-27(59(51,52)53)21-9-19(57(45,46)47)11-25(42)29(21)31)40-38-17-5-1-15(2-6-17)36-33(44)37-16-3-7-18(8-4-16)39-41-24-14-28(60(54,55)56)22-10-20(58(48,49)50)12-26(43)30(22)32(24)35;;;;/h1-14,42-43H,34-35H2,(H2,36,37,44)(H,45,46,47)(H,48,49,50)(H,51,52,53)(H,54,55,56);;;;/q;4*+1/p-4. The Hall–Kier alpha value is -2.85. The summed E-state index contributed by atoms with van der Waals surface area (Å²) < 4.78 is 137. The van der Waals surface area contributed by atoms with Crippen LogP contribution in [0.15, 0.2) is 125 Å². The SMILES string of the molecule is Nc1c(N=Nc2ccc(NC(=O)Nc3ccc(N=Nc4cc(S(=O)(=O)O)c5cc(S(=O)(=O)[O-])cc([O-])c5c4N)cc3)cc2)cc(S(=O)(=O)O)c2cc(S(=O)(=O)[O-])cc([O-])c12.[Na+].[Na+].[Na+].[Na+]. The molecule has 0 saturated carbocycles. The van der Waals surface area contributed by atoms with Crippen molar-refractivity contribution < 1.29 is 185 Å². The summed E-state index contributed by atoms with van der Waals surface area (Å²) >= 11 is 0. The molecule has 64 heavy (non-hydrogen) atoms. The summed E-state index contributed by atoms with van der Waals surface area (Å²) in [5.41, 5.74) is 11.1. The number of hydrogen-bond donors (Lipinski definition) is 6. The van der Waals surface area contributed by atoms with Gasteiger partial charge in [0.1, 0.15) is 41.4 Å². The van der Waals surface area contributed by atoms with E-state index in [1.54, 1.807) is 0 Å². The van der Waals surface area contributed by atoms with Crippen LogP contribution in [0, 0.1) is 0 Å². The molecule has 312 valence electrons. The molecule has 8 N–H and O–H groups in total. The number of nitrogens with two attached hydrogens (primary N) is 2. The number of fused-ring (bicyclic) bond motifs is 2. The third kappa shape index (κ3) is 13.2. The molecule has 6 aromatic rings.